The van der Waals surface area contributed by atoms with Gasteiger partial charge in [-0.15, -0.1) is 0 Å². The van der Waals surface area contributed by atoms with Crippen LogP contribution in [0.1, 0.15) is 34.8 Å². The van der Waals surface area contributed by atoms with E-state index in [4.69, 9.17) is 4.74 Å². The van der Waals surface area contributed by atoms with Crippen LogP contribution in [0.15, 0.2) is 72.8 Å². The zero-order chi connectivity index (χ0) is 19.7. The van der Waals surface area contributed by atoms with Gasteiger partial charge in [0, 0.05) is 5.69 Å². The number of nitrogens with zero attached hydrogens (tertiary/aromatic N) is 2. The Labute approximate surface area is 162 Å². The SMILES string of the molecule is Cc1nc2cc(C(=O)O[C@@H](C)c3ccc(F)cc3)ccc2n1-c1ccccc1. The second-order valence-electron chi connectivity index (χ2n) is 6.63. The van der Waals surface area contributed by atoms with Crippen molar-refractivity contribution in [3.63, 3.8) is 0 Å². The summed E-state index contributed by atoms with van der Waals surface area (Å²) in [6.45, 7) is 3.69. The van der Waals surface area contributed by atoms with Crippen LogP contribution in [0, 0.1) is 12.7 Å². The molecule has 4 nitrogen and oxygen atoms in total. The lowest BCUT2D eigenvalue weighted by atomic mass is 10.1. The molecule has 1 atom stereocenters. The maximum Gasteiger partial charge on any atom is 0.338 e. The smallest absolute Gasteiger partial charge is 0.338 e. The van der Waals surface area contributed by atoms with Crippen LogP contribution in [0.25, 0.3) is 16.7 Å². The molecule has 0 fully saturated rings. The number of aromatic nitrogens is 2. The first-order valence-corrected chi connectivity index (χ1v) is 9.04. The van der Waals surface area contributed by atoms with Crippen molar-refractivity contribution < 1.29 is 13.9 Å². The predicted octanol–water partition coefficient (Wildman–Crippen LogP) is 5.39. The molecule has 0 radical (unpaired) electrons. The number of esters is 1. The Bertz CT molecular complexity index is 1130. The van der Waals surface area contributed by atoms with Gasteiger partial charge >= 0.3 is 5.97 Å². The fraction of sp³-hybridized carbons (Fsp3) is 0.130. The molecule has 140 valence electrons. The average Bonchev–Trinajstić information content (AvgIpc) is 3.03. The zero-order valence-electron chi connectivity index (χ0n) is 15.6. The number of ether oxygens (including phenoxy) is 1. The van der Waals surface area contributed by atoms with E-state index in [0.717, 1.165) is 28.1 Å². The number of carbonyl (C=O) groups excluding carboxylic acids is 1. The number of hydrogen-bond donors (Lipinski definition) is 0. The largest absolute Gasteiger partial charge is 0.454 e. The molecular formula is C23H19FN2O2. The van der Waals surface area contributed by atoms with Crippen LogP contribution in [-0.4, -0.2) is 15.5 Å². The van der Waals surface area contributed by atoms with Crippen LogP contribution in [-0.2, 0) is 4.74 Å². The number of carbonyl (C=O) groups is 1. The third-order valence-electron chi connectivity index (χ3n) is 4.70. The Morgan fingerprint density at radius 3 is 2.46 bits per heavy atom. The molecule has 4 aromatic rings. The highest BCUT2D eigenvalue weighted by Crippen LogP contribution is 2.24. The molecule has 4 rings (SSSR count). The quantitative estimate of drug-likeness (QED) is 0.450. The van der Waals surface area contributed by atoms with Gasteiger partial charge in [0.05, 0.1) is 16.6 Å². The predicted molar refractivity (Wildman–Crippen MR) is 106 cm³/mol. The number of para-hydroxylation sites is 1. The van der Waals surface area contributed by atoms with E-state index in [-0.39, 0.29) is 5.82 Å². The molecule has 0 N–H and O–H groups in total. The van der Waals surface area contributed by atoms with Gasteiger partial charge in [-0.2, -0.15) is 0 Å². The van der Waals surface area contributed by atoms with Gasteiger partial charge in [0.1, 0.15) is 17.7 Å². The molecule has 28 heavy (non-hydrogen) atoms. The standard InChI is InChI=1S/C23H19FN2O2/c1-15(17-8-11-19(24)12-9-17)28-23(27)18-10-13-22-21(14-18)25-16(2)26(22)20-6-4-3-5-7-20/h3-15H,1-2H3/t15-/m0/s1. The molecule has 5 heteroatoms. The van der Waals surface area contributed by atoms with Gasteiger partial charge in [0.25, 0.3) is 0 Å². The minimum absolute atomic E-state index is 0.322. The Balaban J connectivity index is 1.61. The van der Waals surface area contributed by atoms with Gasteiger partial charge in [-0.05, 0) is 61.9 Å². The average molecular weight is 374 g/mol. The van der Waals surface area contributed by atoms with Crippen molar-refractivity contribution in [2.75, 3.05) is 0 Å². The van der Waals surface area contributed by atoms with Gasteiger partial charge < -0.3 is 4.74 Å². The van der Waals surface area contributed by atoms with Crippen molar-refractivity contribution in [1.29, 1.82) is 0 Å². The van der Waals surface area contributed by atoms with E-state index in [2.05, 4.69) is 4.98 Å². The van der Waals surface area contributed by atoms with Crippen LogP contribution in [0.5, 0.6) is 0 Å². The monoisotopic (exact) mass is 374 g/mol. The molecule has 1 heterocycles. The number of aryl methyl sites for hydroxylation is 1. The molecule has 0 saturated carbocycles. The second-order valence-corrected chi connectivity index (χ2v) is 6.63. The molecule has 0 saturated heterocycles. The summed E-state index contributed by atoms with van der Waals surface area (Å²) in [4.78, 5) is 17.2. The minimum atomic E-state index is -0.479. The van der Waals surface area contributed by atoms with Crippen molar-refractivity contribution in [2.24, 2.45) is 0 Å². The maximum atomic E-state index is 13.1. The molecule has 1 aromatic heterocycles. The Hall–Kier alpha value is -3.47. The van der Waals surface area contributed by atoms with Crippen LogP contribution in [0.3, 0.4) is 0 Å². The lowest BCUT2D eigenvalue weighted by Gasteiger charge is -2.13. The fourth-order valence-corrected chi connectivity index (χ4v) is 3.26. The van der Waals surface area contributed by atoms with Gasteiger partial charge in [-0.25, -0.2) is 14.2 Å². The fourth-order valence-electron chi connectivity index (χ4n) is 3.26. The van der Waals surface area contributed by atoms with Gasteiger partial charge in [0.2, 0.25) is 0 Å². The summed E-state index contributed by atoms with van der Waals surface area (Å²) in [5.74, 6) is 0.0779. The molecule has 0 bridgehead atoms. The van der Waals surface area contributed by atoms with Crippen LogP contribution < -0.4 is 0 Å². The molecule has 0 aliphatic rings. The Kier molecular flexibility index (Phi) is 4.65. The van der Waals surface area contributed by atoms with Gasteiger partial charge in [-0.3, -0.25) is 4.57 Å². The van der Waals surface area contributed by atoms with Gasteiger partial charge in [-0.1, -0.05) is 30.3 Å². The van der Waals surface area contributed by atoms with Crippen LogP contribution in [0.4, 0.5) is 4.39 Å². The number of rotatable bonds is 4. The first-order chi connectivity index (χ1) is 13.5. The van der Waals surface area contributed by atoms with Crippen molar-refractivity contribution >= 4 is 17.0 Å². The van der Waals surface area contributed by atoms with E-state index in [1.807, 2.05) is 47.9 Å². The number of fused-ring (bicyclic) bond motifs is 1. The highest BCUT2D eigenvalue weighted by Gasteiger charge is 2.16. The highest BCUT2D eigenvalue weighted by atomic mass is 19.1. The number of hydrogen-bond acceptors (Lipinski definition) is 3. The van der Waals surface area contributed by atoms with Crippen molar-refractivity contribution in [3.8, 4) is 5.69 Å². The van der Waals surface area contributed by atoms with E-state index in [1.54, 1.807) is 31.2 Å². The molecule has 0 aliphatic carbocycles. The molecule has 0 aliphatic heterocycles. The lowest BCUT2D eigenvalue weighted by Crippen LogP contribution is -2.09. The lowest BCUT2D eigenvalue weighted by molar-refractivity contribution is 0.0338. The summed E-state index contributed by atoms with van der Waals surface area (Å²) in [6, 6.07) is 21.2. The molecule has 0 amide bonds. The van der Waals surface area contributed by atoms with E-state index < -0.39 is 12.1 Å². The summed E-state index contributed by atoms with van der Waals surface area (Å²) >= 11 is 0. The highest BCUT2D eigenvalue weighted by molar-refractivity contribution is 5.94. The summed E-state index contributed by atoms with van der Waals surface area (Å²) < 4.78 is 20.7. The molecular weight excluding hydrogens is 355 g/mol. The first-order valence-electron chi connectivity index (χ1n) is 9.04. The molecule has 0 unspecified atom stereocenters. The third kappa shape index (κ3) is 3.39. The first kappa shape index (κ1) is 17.9. The van der Waals surface area contributed by atoms with E-state index in [1.165, 1.54) is 12.1 Å². The van der Waals surface area contributed by atoms with Crippen molar-refractivity contribution in [2.45, 2.75) is 20.0 Å². The topological polar surface area (TPSA) is 44.1 Å². The summed E-state index contributed by atoms with van der Waals surface area (Å²) in [5.41, 5.74) is 3.83. The van der Waals surface area contributed by atoms with E-state index in [9.17, 15) is 9.18 Å². The van der Waals surface area contributed by atoms with Crippen LogP contribution >= 0.6 is 0 Å². The summed E-state index contributed by atoms with van der Waals surface area (Å²) in [5, 5.41) is 0. The Morgan fingerprint density at radius 1 is 1.04 bits per heavy atom. The maximum absolute atomic E-state index is 13.1. The molecule has 3 aromatic carbocycles. The molecule has 0 spiro atoms. The number of halogens is 1. The van der Waals surface area contributed by atoms with Crippen molar-refractivity contribution in [1.82, 2.24) is 9.55 Å². The van der Waals surface area contributed by atoms with Crippen LogP contribution in [0.2, 0.25) is 0 Å². The van der Waals surface area contributed by atoms with E-state index in [0.29, 0.717) is 5.56 Å². The summed E-state index contributed by atoms with van der Waals surface area (Å²) in [7, 11) is 0. The second kappa shape index (κ2) is 7.27. The minimum Gasteiger partial charge on any atom is -0.454 e. The third-order valence-corrected chi connectivity index (χ3v) is 4.70. The van der Waals surface area contributed by atoms with Gasteiger partial charge in [0.15, 0.2) is 0 Å². The number of imidazole rings is 1. The Morgan fingerprint density at radius 2 is 1.75 bits per heavy atom. The summed E-state index contributed by atoms with van der Waals surface area (Å²) in [6.07, 6.45) is -0.479. The number of benzene rings is 3. The zero-order valence-corrected chi connectivity index (χ0v) is 15.6. The van der Waals surface area contributed by atoms with E-state index >= 15 is 0 Å². The van der Waals surface area contributed by atoms with Crippen molar-refractivity contribution in [3.05, 3.63) is 95.6 Å². The normalized spacial score (nSPS) is 12.1.